The molecule has 5 heteroatoms. The minimum atomic E-state index is 0.172. The van der Waals surface area contributed by atoms with E-state index in [9.17, 15) is 0 Å². The summed E-state index contributed by atoms with van der Waals surface area (Å²) >= 11 is 0. The van der Waals surface area contributed by atoms with E-state index < -0.39 is 0 Å². The number of nitrogens with zero attached hydrogens (tertiary/aromatic N) is 4. The molecule has 21 heavy (non-hydrogen) atoms. The van der Waals surface area contributed by atoms with Gasteiger partial charge in [-0.25, -0.2) is 4.98 Å². The molecule has 106 valence electrons. The molecule has 1 atom stereocenters. The van der Waals surface area contributed by atoms with Crippen LogP contribution < -0.4 is 5.32 Å². The van der Waals surface area contributed by atoms with Gasteiger partial charge >= 0.3 is 0 Å². The highest BCUT2D eigenvalue weighted by molar-refractivity contribution is 5.63. The number of aromatic nitrogens is 4. The van der Waals surface area contributed by atoms with Crippen molar-refractivity contribution in [1.82, 2.24) is 19.6 Å². The molecule has 3 aromatic rings. The maximum Gasteiger partial charge on any atom is 0.203 e. The smallest absolute Gasteiger partial charge is 0.203 e. The summed E-state index contributed by atoms with van der Waals surface area (Å²) in [7, 11) is 0. The Kier molecular flexibility index (Phi) is 2.84. The summed E-state index contributed by atoms with van der Waals surface area (Å²) in [5.74, 6) is 2.41. The van der Waals surface area contributed by atoms with Gasteiger partial charge in [0, 0.05) is 18.3 Å². The third kappa shape index (κ3) is 2.24. The van der Waals surface area contributed by atoms with Gasteiger partial charge in [-0.1, -0.05) is 30.3 Å². The van der Waals surface area contributed by atoms with Gasteiger partial charge in [-0.2, -0.15) is 0 Å². The molecule has 1 aliphatic carbocycles. The summed E-state index contributed by atoms with van der Waals surface area (Å²) in [6, 6.07) is 10.5. The number of anilines is 1. The van der Waals surface area contributed by atoms with Crippen molar-refractivity contribution in [2.45, 2.75) is 31.7 Å². The molecule has 0 spiro atoms. The van der Waals surface area contributed by atoms with Crippen LogP contribution in [-0.4, -0.2) is 19.6 Å². The van der Waals surface area contributed by atoms with E-state index in [1.54, 1.807) is 0 Å². The molecule has 0 amide bonds. The van der Waals surface area contributed by atoms with Gasteiger partial charge < -0.3 is 5.32 Å². The maximum absolute atomic E-state index is 4.43. The Balaban J connectivity index is 1.67. The molecular weight excluding hydrogens is 262 g/mol. The summed E-state index contributed by atoms with van der Waals surface area (Å²) < 4.78 is 2.06. The van der Waals surface area contributed by atoms with Gasteiger partial charge in [0.05, 0.1) is 6.04 Å². The van der Waals surface area contributed by atoms with Crippen molar-refractivity contribution in [2.24, 2.45) is 0 Å². The van der Waals surface area contributed by atoms with E-state index in [1.807, 2.05) is 30.6 Å². The van der Waals surface area contributed by atoms with Crippen molar-refractivity contribution in [3.05, 3.63) is 54.1 Å². The zero-order valence-electron chi connectivity index (χ0n) is 11.9. The lowest BCUT2D eigenvalue weighted by atomic mass is 10.1. The molecule has 1 unspecified atom stereocenters. The molecule has 0 saturated heterocycles. The molecule has 2 heterocycles. The second kappa shape index (κ2) is 4.84. The van der Waals surface area contributed by atoms with Gasteiger partial charge in [-0.05, 0) is 25.3 Å². The van der Waals surface area contributed by atoms with Gasteiger partial charge in [0.2, 0.25) is 5.65 Å². The number of hydrogen-bond acceptors (Lipinski definition) is 4. The summed E-state index contributed by atoms with van der Waals surface area (Å²) in [5.41, 5.74) is 2.03. The third-order valence-corrected chi connectivity index (χ3v) is 3.95. The van der Waals surface area contributed by atoms with Crippen LogP contribution in [0.1, 0.15) is 43.1 Å². The van der Waals surface area contributed by atoms with Crippen LogP contribution in [0.3, 0.4) is 0 Å². The monoisotopic (exact) mass is 279 g/mol. The van der Waals surface area contributed by atoms with Crippen LogP contribution in [0.15, 0.2) is 42.7 Å². The maximum atomic E-state index is 4.43. The highest BCUT2D eigenvalue weighted by Crippen LogP contribution is 2.39. The van der Waals surface area contributed by atoms with E-state index >= 15 is 0 Å². The standard InChI is InChI=1S/C16H17N5/c1-11(12-5-3-2-4-6-12)18-14-16-20-19-15(13-7-8-13)21(16)10-9-17-14/h2-6,9-11,13H,7-8H2,1H3,(H,17,18). The Bertz CT molecular complexity index is 761. The predicted molar refractivity (Wildman–Crippen MR) is 81.2 cm³/mol. The second-order valence-corrected chi connectivity index (χ2v) is 5.58. The molecule has 1 fully saturated rings. The lowest BCUT2D eigenvalue weighted by molar-refractivity contribution is 0.868. The quantitative estimate of drug-likeness (QED) is 0.797. The minimum Gasteiger partial charge on any atom is -0.360 e. The Hall–Kier alpha value is -2.43. The fourth-order valence-corrected chi connectivity index (χ4v) is 2.60. The Morgan fingerprint density at radius 2 is 2.00 bits per heavy atom. The molecule has 1 aliphatic rings. The van der Waals surface area contributed by atoms with Gasteiger partial charge in [-0.3, -0.25) is 4.40 Å². The first-order valence-corrected chi connectivity index (χ1v) is 7.34. The molecule has 0 aliphatic heterocycles. The van der Waals surface area contributed by atoms with Crippen LogP contribution in [0, 0.1) is 0 Å². The molecule has 2 aromatic heterocycles. The molecule has 4 rings (SSSR count). The molecule has 0 radical (unpaired) electrons. The number of hydrogen-bond donors (Lipinski definition) is 1. The SMILES string of the molecule is CC(Nc1nccn2c(C3CC3)nnc12)c1ccccc1. The van der Waals surface area contributed by atoms with Crippen LogP contribution in [0.2, 0.25) is 0 Å². The van der Waals surface area contributed by atoms with E-state index in [4.69, 9.17) is 0 Å². The Morgan fingerprint density at radius 1 is 1.19 bits per heavy atom. The Labute approximate surface area is 123 Å². The van der Waals surface area contributed by atoms with Crippen LogP contribution in [-0.2, 0) is 0 Å². The van der Waals surface area contributed by atoms with Crippen LogP contribution in [0.4, 0.5) is 5.82 Å². The van der Waals surface area contributed by atoms with Gasteiger partial charge in [-0.15, -0.1) is 10.2 Å². The van der Waals surface area contributed by atoms with Crippen molar-refractivity contribution >= 4 is 11.5 Å². The van der Waals surface area contributed by atoms with Gasteiger partial charge in [0.25, 0.3) is 0 Å². The second-order valence-electron chi connectivity index (χ2n) is 5.58. The Morgan fingerprint density at radius 3 is 2.76 bits per heavy atom. The lowest BCUT2D eigenvalue weighted by Crippen LogP contribution is -2.09. The average Bonchev–Trinajstić information content (AvgIpc) is 3.28. The molecule has 0 bridgehead atoms. The summed E-state index contributed by atoms with van der Waals surface area (Å²) in [6.45, 7) is 2.12. The number of fused-ring (bicyclic) bond motifs is 1. The third-order valence-electron chi connectivity index (χ3n) is 3.95. The van der Waals surface area contributed by atoms with Gasteiger partial charge in [0.15, 0.2) is 5.82 Å². The molecule has 1 saturated carbocycles. The van der Waals surface area contributed by atoms with Crippen molar-refractivity contribution in [3.8, 4) is 0 Å². The summed E-state index contributed by atoms with van der Waals surface area (Å²) in [5, 5.41) is 12.1. The number of rotatable bonds is 4. The predicted octanol–water partition coefficient (Wildman–Crippen LogP) is 3.17. The molecule has 1 N–H and O–H groups in total. The molecule has 5 nitrogen and oxygen atoms in total. The van der Waals surface area contributed by atoms with Crippen LogP contribution in [0.25, 0.3) is 5.65 Å². The van der Waals surface area contributed by atoms with Crippen molar-refractivity contribution < 1.29 is 0 Å². The average molecular weight is 279 g/mol. The van der Waals surface area contributed by atoms with Crippen LogP contribution >= 0.6 is 0 Å². The highest BCUT2D eigenvalue weighted by atomic mass is 15.3. The van der Waals surface area contributed by atoms with E-state index in [0.29, 0.717) is 5.92 Å². The lowest BCUT2D eigenvalue weighted by Gasteiger charge is -2.15. The minimum absolute atomic E-state index is 0.172. The largest absolute Gasteiger partial charge is 0.360 e. The normalized spacial score (nSPS) is 16.0. The molecule has 1 aromatic carbocycles. The van der Waals surface area contributed by atoms with Crippen molar-refractivity contribution in [2.75, 3.05) is 5.32 Å². The van der Waals surface area contributed by atoms with E-state index in [1.165, 1.54) is 18.4 Å². The number of benzene rings is 1. The summed E-state index contributed by atoms with van der Waals surface area (Å²) in [6.07, 6.45) is 6.18. The van der Waals surface area contributed by atoms with E-state index in [2.05, 4.69) is 44.0 Å². The fraction of sp³-hybridized carbons (Fsp3) is 0.312. The highest BCUT2D eigenvalue weighted by Gasteiger charge is 2.29. The van der Waals surface area contributed by atoms with E-state index in [0.717, 1.165) is 17.3 Å². The fourth-order valence-electron chi connectivity index (χ4n) is 2.60. The topological polar surface area (TPSA) is 55.1 Å². The summed E-state index contributed by atoms with van der Waals surface area (Å²) in [4.78, 5) is 4.43. The molecular formula is C16H17N5. The van der Waals surface area contributed by atoms with Crippen LogP contribution in [0.5, 0.6) is 0 Å². The first-order chi connectivity index (χ1) is 10.3. The van der Waals surface area contributed by atoms with Crippen molar-refractivity contribution in [1.29, 1.82) is 0 Å². The van der Waals surface area contributed by atoms with Gasteiger partial charge in [0.1, 0.15) is 5.82 Å². The van der Waals surface area contributed by atoms with Crippen molar-refractivity contribution in [3.63, 3.8) is 0 Å². The van der Waals surface area contributed by atoms with E-state index in [-0.39, 0.29) is 6.04 Å². The zero-order chi connectivity index (χ0) is 14.2. The zero-order valence-corrected chi connectivity index (χ0v) is 11.9. The first-order valence-electron chi connectivity index (χ1n) is 7.34. The number of nitrogens with one attached hydrogen (secondary N) is 1. The first kappa shape index (κ1) is 12.3.